The van der Waals surface area contributed by atoms with E-state index in [1.54, 1.807) is 12.1 Å². The zero-order valence-electron chi connectivity index (χ0n) is 11.1. The van der Waals surface area contributed by atoms with Gasteiger partial charge in [-0.15, -0.1) is 0 Å². The summed E-state index contributed by atoms with van der Waals surface area (Å²) in [6.45, 7) is 1.67. The van der Waals surface area contributed by atoms with E-state index in [1.807, 2.05) is 0 Å². The number of hydrogen-bond acceptors (Lipinski definition) is 3. The number of hydrogen-bond donors (Lipinski definition) is 1. The number of nitrogens with zero attached hydrogens (tertiary/aromatic N) is 1. The minimum atomic E-state index is -3.57. The average molecular weight is 337 g/mol. The number of rotatable bonds is 4. The maximum absolute atomic E-state index is 12.6. The van der Waals surface area contributed by atoms with E-state index in [0.717, 1.165) is 19.3 Å². The van der Waals surface area contributed by atoms with E-state index in [2.05, 4.69) is 0 Å². The molecule has 1 aliphatic rings. The highest BCUT2D eigenvalue weighted by molar-refractivity contribution is 7.89. The SMILES string of the molecule is NCCC1CCN(S(=O)(=O)c2cccc(Cl)c2Cl)CC1. The summed E-state index contributed by atoms with van der Waals surface area (Å²) in [6.07, 6.45) is 2.63. The van der Waals surface area contributed by atoms with Crippen LogP contribution in [0.15, 0.2) is 23.1 Å². The lowest BCUT2D eigenvalue weighted by atomic mass is 9.95. The molecule has 1 aliphatic heterocycles. The Morgan fingerprint density at radius 1 is 1.25 bits per heavy atom. The van der Waals surface area contributed by atoms with Gasteiger partial charge in [0.2, 0.25) is 10.0 Å². The van der Waals surface area contributed by atoms with Crippen molar-refractivity contribution in [3.8, 4) is 0 Å². The lowest BCUT2D eigenvalue weighted by Crippen LogP contribution is -2.38. The molecule has 0 aliphatic carbocycles. The highest BCUT2D eigenvalue weighted by Gasteiger charge is 2.30. The van der Waals surface area contributed by atoms with Gasteiger partial charge in [-0.3, -0.25) is 0 Å². The van der Waals surface area contributed by atoms with Crippen molar-refractivity contribution in [2.75, 3.05) is 19.6 Å². The Hall–Kier alpha value is -0.330. The molecule has 0 saturated carbocycles. The van der Waals surface area contributed by atoms with Gasteiger partial charge in [0.15, 0.2) is 0 Å². The summed E-state index contributed by atoms with van der Waals surface area (Å²) >= 11 is 11.9. The minimum Gasteiger partial charge on any atom is -0.330 e. The monoisotopic (exact) mass is 336 g/mol. The lowest BCUT2D eigenvalue weighted by Gasteiger charge is -2.31. The maximum atomic E-state index is 12.6. The molecular weight excluding hydrogens is 319 g/mol. The molecule has 0 unspecified atom stereocenters. The topological polar surface area (TPSA) is 63.4 Å². The molecule has 0 atom stereocenters. The van der Waals surface area contributed by atoms with Crippen molar-refractivity contribution in [3.05, 3.63) is 28.2 Å². The Balaban J connectivity index is 2.18. The van der Waals surface area contributed by atoms with Gasteiger partial charge in [-0.1, -0.05) is 29.3 Å². The Bertz CT molecular complexity index is 570. The summed E-state index contributed by atoms with van der Waals surface area (Å²) in [5.74, 6) is 0.515. The Morgan fingerprint density at radius 3 is 2.50 bits per heavy atom. The van der Waals surface area contributed by atoms with Crippen LogP contribution < -0.4 is 5.73 Å². The molecule has 1 aromatic carbocycles. The zero-order valence-corrected chi connectivity index (χ0v) is 13.4. The largest absolute Gasteiger partial charge is 0.330 e. The molecule has 20 heavy (non-hydrogen) atoms. The lowest BCUT2D eigenvalue weighted by molar-refractivity contribution is 0.266. The van der Waals surface area contributed by atoms with E-state index in [-0.39, 0.29) is 14.9 Å². The third-order valence-electron chi connectivity index (χ3n) is 3.68. The van der Waals surface area contributed by atoms with Crippen LogP contribution in [0.5, 0.6) is 0 Å². The van der Waals surface area contributed by atoms with Crippen LogP contribution in [0.4, 0.5) is 0 Å². The standard InChI is InChI=1S/C13H18Cl2N2O2S/c14-11-2-1-3-12(13(11)15)20(18,19)17-8-5-10(4-7-16)6-9-17/h1-3,10H,4-9,16H2. The summed E-state index contributed by atoms with van der Waals surface area (Å²) in [5, 5.41) is 0.351. The fourth-order valence-corrected chi connectivity index (χ4v) is 4.70. The summed E-state index contributed by atoms with van der Waals surface area (Å²) in [5.41, 5.74) is 5.54. The van der Waals surface area contributed by atoms with Crippen LogP contribution in [-0.4, -0.2) is 32.4 Å². The fraction of sp³-hybridized carbons (Fsp3) is 0.538. The van der Waals surface area contributed by atoms with Crippen LogP contribution in [0, 0.1) is 5.92 Å². The predicted molar refractivity (Wildman–Crippen MR) is 81.6 cm³/mol. The van der Waals surface area contributed by atoms with Crippen LogP contribution in [0.3, 0.4) is 0 Å². The van der Waals surface area contributed by atoms with Crippen molar-refractivity contribution in [1.29, 1.82) is 0 Å². The summed E-state index contributed by atoms with van der Waals surface area (Å²) < 4.78 is 26.6. The van der Waals surface area contributed by atoms with Gasteiger partial charge in [0.05, 0.1) is 10.0 Å². The highest BCUT2D eigenvalue weighted by Crippen LogP contribution is 2.32. The Kier molecular flexibility index (Phi) is 5.31. The van der Waals surface area contributed by atoms with E-state index in [0.29, 0.717) is 25.6 Å². The second-order valence-corrected chi connectivity index (χ2v) is 7.67. The maximum Gasteiger partial charge on any atom is 0.244 e. The smallest absolute Gasteiger partial charge is 0.244 e. The van der Waals surface area contributed by atoms with Gasteiger partial charge in [0, 0.05) is 13.1 Å². The molecule has 1 saturated heterocycles. The number of benzene rings is 1. The van der Waals surface area contributed by atoms with Gasteiger partial charge < -0.3 is 5.73 Å². The molecule has 1 aromatic rings. The quantitative estimate of drug-likeness (QED) is 0.919. The van der Waals surface area contributed by atoms with Crippen LogP contribution in [0.2, 0.25) is 10.0 Å². The number of sulfonamides is 1. The molecule has 1 heterocycles. The van der Waals surface area contributed by atoms with E-state index in [4.69, 9.17) is 28.9 Å². The molecule has 0 spiro atoms. The van der Waals surface area contributed by atoms with E-state index in [1.165, 1.54) is 10.4 Å². The van der Waals surface area contributed by atoms with Gasteiger partial charge in [-0.2, -0.15) is 4.31 Å². The summed E-state index contributed by atoms with van der Waals surface area (Å²) in [6, 6.07) is 4.67. The van der Waals surface area contributed by atoms with Crippen molar-refractivity contribution in [3.63, 3.8) is 0 Å². The third kappa shape index (κ3) is 3.28. The molecule has 0 radical (unpaired) electrons. The van der Waals surface area contributed by atoms with Gasteiger partial charge in [-0.05, 0) is 43.9 Å². The first-order chi connectivity index (χ1) is 9.46. The normalized spacial score (nSPS) is 18.4. The number of halogens is 2. The number of nitrogens with two attached hydrogens (primary N) is 1. The van der Waals surface area contributed by atoms with Crippen molar-refractivity contribution in [2.45, 2.75) is 24.2 Å². The third-order valence-corrected chi connectivity index (χ3v) is 6.55. The molecule has 2 rings (SSSR count). The second-order valence-electron chi connectivity index (χ2n) is 4.98. The van der Waals surface area contributed by atoms with Crippen LogP contribution >= 0.6 is 23.2 Å². The van der Waals surface area contributed by atoms with Crippen LogP contribution in [0.25, 0.3) is 0 Å². The van der Waals surface area contributed by atoms with E-state index in [9.17, 15) is 8.42 Å². The van der Waals surface area contributed by atoms with Gasteiger partial charge in [0.25, 0.3) is 0 Å². The van der Waals surface area contributed by atoms with Crippen molar-refractivity contribution < 1.29 is 8.42 Å². The van der Waals surface area contributed by atoms with Crippen LogP contribution in [0.1, 0.15) is 19.3 Å². The summed E-state index contributed by atoms with van der Waals surface area (Å²) in [7, 11) is -3.57. The predicted octanol–water partition coefficient (Wildman–Crippen LogP) is 2.74. The molecule has 0 bridgehead atoms. The highest BCUT2D eigenvalue weighted by atomic mass is 35.5. The zero-order chi connectivity index (χ0) is 14.8. The van der Waals surface area contributed by atoms with Crippen molar-refractivity contribution in [2.24, 2.45) is 11.7 Å². The first-order valence-electron chi connectivity index (χ1n) is 6.61. The second kappa shape index (κ2) is 6.62. The molecule has 0 aromatic heterocycles. The average Bonchev–Trinajstić information content (AvgIpc) is 2.42. The van der Waals surface area contributed by atoms with Gasteiger partial charge in [-0.25, -0.2) is 8.42 Å². The Labute approximate surface area is 129 Å². The van der Waals surface area contributed by atoms with Gasteiger partial charge >= 0.3 is 0 Å². The molecule has 2 N–H and O–H groups in total. The Morgan fingerprint density at radius 2 is 1.90 bits per heavy atom. The first-order valence-corrected chi connectivity index (χ1v) is 8.80. The van der Waals surface area contributed by atoms with Crippen molar-refractivity contribution in [1.82, 2.24) is 4.31 Å². The first kappa shape index (κ1) is 16.0. The molecular formula is C13H18Cl2N2O2S. The minimum absolute atomic E-state index is 0.0870. The molecule has 0 amide bonds. The number of piperidine rings is 1. The van der Waals surface area contributed by atoms with Crippen molar-refractivity contribution >= 4 is 33.2 Å². The molecule has 7 heteroatoms. The summed E-state index contributed by atoms with van der Waals surface area (Å²) in [4.78, 5) is 0.0870. The van der Waals surface area contributed by atoms with Crippen LogP contribution in [-0.2, 0) is 10.0 Å². The molecule has 4 nitrogen and oxygen atoms in total. The molecule has 1 fully saturated rings. The van der Waals surface area contributed by atoms with E-state index >= 15 is 0 Å². The van der Waals surface area contributed by atoms with Gasteiger partial charge in [0.1, 0.15) is 4.90 Å². The molecule has 112 valence electrons. The van der Waals surface area contributed by atoms with E-state index < -0.39 is 10.0 Å². The fourth-order valence-electron chi connectivity index (χ4n) is 2.50.